The Morgan fingerprint density at radius 2 is 2.00 bits per heavy atom. The molecule has 1 aliphatic rings. The lowest BCUT2D eigenvalue weighted by molar-refractivity contribution is -0.113. The molecule has 0 spiro atoms. The molecule has 1 N–H and O–H groups in total. The minimum Gasteiger partial charge on any atom is -0.310 e. The van der Waals surface area contributed by atoms with E-state index >= 15 is 0 Å². The number of hydrogen-bond acceptors (Lipinski definition) is 5. The second-order valence-electron chi connectivity index (χ2n) is 8.47. The highest BCUT2D eigenvalue weighted by atomic mass is 35.5. The van der Waals surface area contributed by atoms with Crippen molar-refractivity contribution in [3.8, 4) is 5.69 Å². The van der Waals surface area contributed by atoms with Crippen molar-refractivity contribution in [2.45, 2.75) is 43.8 Å². The van der Waals surface area contributed by atoms with E-state index in [2.05, 4.69) is 10.4 Å². The van der Waals surface area contributed by atoms with Gasteiger partial charge in [-0.05, 0) is 55.7 Å². The van der Waals surface area contributed by atoms with E-state index in [0.29, 0.717) is 38.6 Å². The molecule has 0 atom stereocenters. The van der Waals surface area contributed by atoms with Crippen LogP contribution in [0.5, 0.6) is 0 Å². The van der Waals surface area contributed by atoms with Crippen LogP contribution >= 0.6 is 23.4 Å². The van der Waals surface area contributed by atoms with Crippen molar-refractivity contribution in [2.24, 2.45) is 0 Å². The van der Waals surface area contributed by atoms with Crippen LogP contribution in [-0.2, 0) is 4.79 Å². The standard InChI is InChI=1S/C25H24ClN5O2S/c1-16-5-4-8-19(13-16)30-24(33)20-10-9-17(26)14-21(20)28-25(30)34-15-23(32)29-22-11-12-27-31(22)18-6-2-3-7-18/h4-5,8-14,18H,2-3,6-7,15H2,1H3,(H,29,32). The molecule has 0 aliphatic heterocycles. The first-order valence-corrected chi connectivity index (χ1v) is 12.6. The maximum atomic E-state index is 13.4. The zero-order chi connectivity index (χ0) is 23.7. The molecule has 34 heavy (non-hydrogen) atoms. The summed E-state index contributed by atoms with van der Waals surface area (Å²) >= 11 is 7.37. The van der Waals surface area contributed by atoms with E-state index in [4.69, 9.17) is 16.6 Å². The molecule has 2 aromatic carbocycles. The lowest BCUT2D eigenvalue weighted by atomic mass is 10.2. The van der Waals surface area contributed by atoms with Crippen molar-refractivity contribution in [2.75, 3.05) is 11.1 Å². The lowest BCUT2D eigenvalue weighted by Crippen LogP contribution is -2.23. The van der Waals surface area contributed by atoms with Gasteiger partial charge in [0.1, 0.15) is 5.82 Å². The Bertz CT molecular complexity index is 1420. The number of aryl methyl sites for hydroxylation is 1. The predicted molar refractivity (Wildman–Crippen MR) is 136 cm³/mol. The third kappa shape index (κ3) is 4.60. The maximum Gasteiger partial charge on any atom is 0.266 e. The summed E-state index contributed by atoms with van der Waals surface area (Å²) in [5.41, 5.74) is 2.03. The summed E-state index contributed by atoms with van der Waals surface area (Å²) in [5.74, 6) is 0.619. The number of carbonyl (C=O) groups excluding carboxylic acids is 1. The number of carbonyl (C=O) groups is 1. The number of nitrogens with zero attached hydrogens (tertiary/aromatic N) is 4. The summed E-state index contributed by atoms with van der Waals surface area (Å²) in [6, 6.07) is 14.8. The molecule has 4 aromatic rings. The van der Waals surface area contributed by atoms with Crippen LogP contribution in [0.1, 0.15) is 37.3 Å². The number of rotatable bonds is 6. The van der Waals surface area contributed by atoms with Crippen molar-refractivity contribution in [1.82, 2.24) is 19.3 Å². The van der Waals surface area contributed by atoms with Crippen molar-refractivity contribution in [1.29, 1.82) is 0 Å². The second-order valence-corrected chi connectivity index (χ2v) is 9.85. The smallest absolute Gasteiger partial charge is 0.266 e. The van der Waals surface area contributed by atoms with Gasteiger partial charge in [0, 0.05) is 11.1 Å². The van der Waals surface area contributed by atoms with E-state index in [1.54, 1.807) is 29.0 Å². The van der Waals surface area contributed by atoms with E-state index < -0.39 is 0 Å². The Balaban J connectivity index is 1.44. The van der Waals surface area contributed by atoms with Crippen molar-refractivity contribution in [3.05, 3.63) is 75.7 Å². The van der Waals surface area contributed by atoms with Gasteiger partial charge in [-0.2, -0.15) is 5.10 Å². The van der Waals surface area contributed by atoms with E-state index in [1.807, 2.05) is 41.9 Å². The quantitative estimate of drug-likeness (QED) is 0.287. The average Bonchev–Trinajstić information content (AvgIpc) is 3.49. The molecule has 174 valence electrons. The molecule has 5 rings (SSSR count). The van der Waals surface area contributed by atoms with Crippen molar-refractivity contribution >= 4 is 46.0 Å². The van der Waals surface area contributed by atoms with Crippen LogP contribution in [0, 0.1) is 6.92 Å². The minimum atomic E-state index is -0.200. The first-order valence-electron chi connectivity index (χ1n) is 11.2. The highest BCUT2D eigenvalue weighted by molar-refractivity contribution is 7.99. The van der Waals surface area contributed by atoms with E-state index in [0.717, 1.165) is 18.4 Å². The van der Waals surface area contributed by atoms with Gasteiger partial charge in [0.05, 0.1) is 34.6 Å². The predicted octanol–water partition coefficient (Wildman–Crippen LogP) is 5.39. The molecular weight excluding hydrogens is 470 g/mol. The van der Waals surface area contributed by atoms with E-state index in [-0.39, 0.29) is 17.2 Å². The first kappa shape index (κ1) is 22.7. The number of anilines is 1. The number of amides is 1. The molecule has 0 bridgehead atoms. The summed E-state index contributed by atoms with van der Waals surface area (Å²) in [6.07, 6.45) is 6.23. The number of aromatic nitrogens is 4. The summed E-state index contributed by atoms with van der Waals surface area (Å²) < 4.78 is 3.47. The molecule has 2 aromatic heterocycles. The van der Waals surface area contributed by atoms with Crippen LogP contribution in [0.2, 0.25) is 5.02 Å². The fourth-order valence-corrected chi connectivity index (χ4v) is 5.37. The Morgan fingerprint density at radius 3 is 2.79 bits per heavy atom. The van der Waals surface area contributed by atoms with Gasteiger partial charge in [0.25, 0.3) is 5.56 Å². The fraction of sp³-hybridized carbons (Fsp3) is 0.280. The van der Waals surface area contributed by atoms with Gasteiger partial charge in [0.15, 0.2) is 5.16 Å². The number of fused-ring (bicyclic) bond motifs is 1. The number of halogens is 1. The third-order valence-corrected chi connectivity index (χ3v) is 7.17. The van der Waals surface area contributed by atoms with Gasteiger partial charge in [-0.15, -0.1) is 0 Å². The zero-order valence-corrected chi connectivity index (χ0v) is 20.3. The molecule has 1 saturated carbocycles. The van der Waals surface area contributed by atoms with Crippen LogP contribution in [0.4, 0.5) is 5.82 Å². The highest BCUT2D eigenvalue weighted by Gasteiger charge is 2.21. The van der Waals surface area contributed by atoms with Crippen LogP contribution in [0.25, 0.3) is 16.6 Å². The number of thioether (sulfide) groups is 1. The summed E-state index contributed by atoms with van der Waals surface area (Å²) in [4.78, 5) is 31.0. The number of nitrogens with one attached hydrogen (secondary N) is 1. The van der Waals surface area contributed by atoms with Crippen LogP contribution in [-0.4, -0.2) is 31.0 Å². The Labute approximate surface area is 206 Å². The Kier molecular flexibility index (Phi) is 6.43. The molecule has 0 radical (unpaired) electrons. The minimum absolute atomic E-state index is 0.0974. The summed E-state index contributed by atoms with van der Waals surface area (Å²) in [7, 11) is 0. The van der Waals surface area contributed by atoms with Gasteiger partial charge in [-0.3, -0.25) is 14.2 Å². The van der Waals surface area contributed by atoms with Crippen molar-refractivity contribution < 1.29 is 4.79 Å². The molecule has 1 fully saturated rings. The van der Waals surface area contributed by atoms with Gasteiger partial charge >= 0.3 is 0 Å². The van der Waals surface area contributed by atoms with Crippen LogP contribution in [0.3, 0.4) is 0 Å². The molecular formula is C25H24ClN5O2S. The molecule has 1 aliphatic carbocycles. The topological polar surface area (TPSA) is 81.8 Å². The van der Waals surface area contributed by atoms with Crippen LogP contribution < -0.4 is 10.9 Å². The van der Waals surface area contributed by atoms with Crippen LogP contribution in [0.15, 0.2) is 64.7 Å². The lowest BCUT2D eigenvalue weighted by Gasteiger charge is -2.15. The van der Waals surface area contributed by atoms with E-state index in [9.17, 15) is 9.59 Å². The SMILES string of the molecule is Cc1cccc(-n2c(SCC(=O)Nc3ccnn3C3CCCC3)nc3cc(Cl)ccc3c2=O)c1. The zero-order valence-electron chi connectivity index (χ0n) is 18.7. The normalized spacial score (nSPS) is 14.1. The monoisotopic (exact) mass is 493 g/mol. The van der Waals surface area contributed by atoms with Crippen molar-refractivity contribution in [3.63, 3.8) is 0 Å². The van der Waals surface area contributed by atoms with Gasteiger partial charge in [-0.1, -0.05) is 48.3 Å². The largest absolute Gasteiger partial charge is 0.310 e. The summed E-state index contributed by atoms with van der Waals surface area (Å²) in [5, 5.41) is 8.79. The van der Waals surface area contributed by atoms with Gasteiger partial charge < -0.3 is 5.32 Å². The third-order valence-electron chi connectivity index (χ3n) is 6.00. The Morgan fingerprint density at radius 1 is 1.18 bits per heavy atom. The molecule has 7 nitrogen and oxygen atoms in total. The first-order chi connectivity index (χ1) is 16.5. The molecule has 1 amide bonds. The second kappa shape index (κ2) is 9.64. The molecule has 2 heterocycles. The number of hydrogen-bond donors (Lipinski definition) is 1. The van der Waals surface area contributed by atoms with E-state index in [1.165, 1.54) is 24.6 Å². The molecule has 9 heteroatoms. The number of benzene rings is 2. The van der Waals surface area contributed by atoms with Gasteiger partial charge in [0.2, 0.25) is 5.91 Å². The fourth-order valence-electron chi connectivity index (χ4n) is 4.39. The maximum absolute atomic E-state index is 13.4. The summed E-state index contributed by atoms with van der Waals surface area (Å²) in [6.45, 7) is 1.97. The Hall–Kier alpha value is -3.10. The molecule has 0 saturated heterocycles. The highest BCUT2D eigenvalue weighted by Crippen LogP contribution is 2.31. The van der Waals surface area contributed by atoms with Gasteiger partial charge in [-0.25, -0.2) is 9.67 Å². The average molecular weight is 494 g/mol. The molecule has 0 unspecified atom stereocenters.